The fraction of sp³-hybridized carbons (Fsp3) is 0.333. The van der Waals surface area contributed by atoms with Crippen molar-refractivity contribution >= 4 is 11.5 Å². The van der Waals surface area contributed by atoms with Gasteiger partial charge in [0.05, 0.1) is 10.6 Å². The molecule has 2 N–H and O–H groups in total. The second-order valence-corrected chi connectivity index (χ2v) is 4.81. The van der Waals surface area contributed by atoms with Crippen LogP contribution >= 0.6 is 11.5 Å². The summed E-state index contributed by atoms with van der Waals surface area (Å²) in [4.78, 5) is 1.08. The van der Waals surface area contributed by atoms with E-state index in [1.807, 2.05) is 6.92 Å². The summed E-state index contributed by atoms with van der Waals surface area (Å²) >= 11 is 1.39. The van der Waals surface area contributed by atoms with Crippen molar-refractivity contribution < 1.29 is 0 Å². The first-order valence-electron chi connectivity index (χ1n) is 5.27. The van der Waals surface area contributed by atoms with Crippen LogP contribution in [-0.4, -0.2) is 9.59 Å². The van der Waals surface area contributed by atoms with Crippen LogP contribution in [0.2, 0.25) is 0 Å². The predicted molar refractivity (Wildman–Crippen MR) is 66.5 cm³/mol. The van der Waals surface area contributed by atoms with Crippen LogP contribution in [-0.2, 0) is 6.42 Å². The van der Waals surface area contributed by atoms with Gasteiger partial charge >= 0.3 is 0 Å². The van der Waals surface area contributed by atoms with Crippen molar-refractivity contribution in [1.29, 1.82) is 0 Å². The van der Waals surface area contributed by atoms with Crippen LogP contribution in [0.3, 0.4) is 0 Å². The van der Waals surface area contributed by atoms with E-state index < -0.39 is 0 Å². The van der Waals surface area contributed by atoms with Crippen molar-refractivity contribution in [3.8, 4) is 0 Å². The van der Waals surface area contributed by atoms with Crippen molar-refractivity contribution in [1.82, 2.24) is 9.59 Å². The Morgan fingerprint density at radius 2 is 2.19 bits per heavy atom. The molecule has 3 nitrogen and oxygen atoms in total. The Hall–Kier alpha value is -1.26. The van der Waals surface area contributed by atoms with Gasteiger partial charge in [-0.05, 0) is 37.4 Å². The summed E-state index contributed by atoms with van der Waals surface area (Å²) in [5, 5.41) is 3.99. The predicted octanol–water partition coefficient (Wildman–Crippen LogP) is 2.40. The van der Waals surface area contributed by atoms with Gasteiger partial charge in [0, 0.05) is 6.04 Å². The number of nitrogens with zero attached hydrogens (tertiary/aromatic N) is 2. The molecule has 2 rings (SSSR count). The largest absolute Gasteiger partial charge is 0.323 e. The molecule has 0 aliphatic carbocycles. The molecule has 1 aromatic heterocycles. The van der Waals surface area contributed by atoms with E-state index in [0.29, 0.717) is 0 Å². The number of aromatic nitrogens is 2. The summed E-state index contributed by atoms with van der Waals surface area (Å²) in [6.07, 6.45) is 0.840. The SMILES string of the molecule is Cc1cccc(CC(N)c2snnc2C)c1. The molecule has 0 amide bonds. The molecule has 4 heteroatoms. The average molecular weight is 233 g/mol. The molecule has 2 aromatic rings. The molecule has 0 bridgehead atoms. The van der Waals surface area contributed by atoms with Gasteiger partial charge in [0.1, 0.15) is 0 Å². The molecule has 1 aromatic carbocycles. The van der Waals surface area contributed by atoms with Crippen molar-refractivity contribution in [2.24, 2.45) is 5.73 Å². The van der Waals surface area contributed by atoms with Gasteiger partial charge in [0.25, 0.3) is 0 Å². The van der Waals surface area contributed by atoms with E-state index in [1.54, 1.807) is 0 Å². The third-order valence-electron chi connectivity index (χ3n) is 2.56. The lowest BCUT2D eigenvalue weighted by Crippen LogP contribution is -2.13. The van der Waals surface area contributed by atoms with Gasteiger partial charge in [-0.1, -0.05) is 34.3 Å². The second-order valence-electron chi connectivity index (χ2n) is 4.02. The van der Waals surface area contributed by atoms with E-state index in [-0.39, 0.29) is 6.04 Å². The molecule has 1 heterocycles. The number of benzene rings is 1. The lowest BCUT2D eigenvalue weighted by atomic mass is 10.0. The normalized spacial score (nSPS) is 12.7. The van der Waals surface area contributed by atoms with Gasteiger partial charge in [-0.25, -0.2) is 0 Å². The maximum absolute atomic E-state index is 6.15. The van der Waals surface area contributed by atoms with Crippen LogP contribution in [0.4, 0.5) is 0 Å². The van der Waals surface area contributed by atoms with E-state index >= 15 is 0 Å². The van der Waals surface area contributed by atoms with E-state index in [2.05, 4.69) is 40.8 Å². The van der Waals surface area contributed by atoms with Crippen molar-refractivity contribution in [3.05, 3.63) is 46.0 Å². The van der Waals surface area contributed by atoms with Crippen LogP contribution in [0, 0.1) is 13.8 Å². The zero-order chi connectivity index (χ0) is 11.5. The molecular weight excluding hydrogens is 218 g/mol. The molecule has 0 saturated heterocycles. The monoisotopic (exact) mass is 233 g/mol. The average Bonchev–Trinajstić information content (AvgIpc) is 2.64. The Kier molecular flexibility index (Phi) is 3.31. The lowest BCUT2D eigenvalue weighted by Gasteiger charge is -2.10. The lowest BCUT2D eigenvalue weighted by molar-refractivity contribution is 0.728. The minimum absolute atomic E-state index is 0.00167. The molecule has 84 valence electrons. The molecule has 0 fully saturated rings. The number of rotatable bonds is 3. The Bertz CT molecular complexity index is 479. The highest BCUT2D eigenvalue weighted by Crippen LogP contribution is 2.21. The highest BCUT2D eigenvalue weighted by molar-refractivity contribution is 7.05. The Balaban J connectivity index is 2.14. The fourth-order valence-electron chi connectivity index (χ4n) is 1.76. The molecule has 1 atom stereocenters. The Morgan fingerprint density at radius 1 is 1.38 bits per heavy atom. The quantitative estimate of drug-likeness (QED) is 0.885. The summed E-state index contributed by atoms with van der Waals surface area (Å²) in [6, 6.07) is 8.44. The summed E-state index contributed by atoms with van der Waals surface area (Å²) in [7, 11) is 0. The summed E-state index contributed by atoms with van der Waals surface area (Å²) in [5.74, 6) is 0. The highest BCUT2D eigenvalue weighted by Gasteiger charge is 2.13. The van der Waals surface area contributed by atoms with Crippen LogP contribution in [0.25, 0.3) is 0 Å². The molecule has 0 aliphatic heterocycles. The number of hydrogen-bond acceptors (Lipinski definition) is 4. The first-order valence-corrected chi connectivity index (χ1v) is 6.04. The molecule has 16 heavy (non-hydrogen) atoms. The van der Waals surface area contributed by atoms with Crippen LogP contribution in [0.5, 0.6) is 0 Å². The number of nitrogens with two attached hydrogens (primary N) is 1. The third-order valence-corrected chi connectivity index (χ3v) is 3.52. The van der Waals surface area contributed by atoms with E-state index in [9.17, 15) is 0 Å². The zero-order valence-corrected chi connectivity index (χ0v) is 10.3. The van der Waals surface area contributed by atoms with Crippen molar-refractivity contribution in [3.63, 3.8) is 0 Å². The van der Waals surface area contributed by atoms with Gasteiger partial charge in [0.15, 0.2) is 0 Å². The van der Waals surface area contributed by atoms with Crippen LogP contribution in [0.1, 0.15) is 27.7 Å². The molecule has 0 saturated carbocycles. The first-order chi connectivity index (χ1) is 7.66. The first kappa shape index (κ1) is 11.2. The Morgan fingerprint density at radius 3 is 2.81 bits per heavy atom. The summed E-state index contributed by atoms with van der Waals surface area (Å²) in [5.41, 5.74) is 9.63. The third kappa shape index (κ3) is 2.46. The number of aryl methyl sites for hydroxylation is 2. The van der Waals surface area contributed by atoms with E-state index in [0.717, 1.165) is 17.0 Å². The molecular formula is C12H15N3S. The maximum atomic E-state index is 6.15. The summed E-state index contributed by atoms with van der Waals surface area (Å²) in [6.45, 7) is 4.05. The van der Waals surface area contributed by atoms with Crippen molar-refractivity contribution in [2.75, 3.05) is 0 Å². The zero-order valence-electron chi connectivity index (χ0n) is 9.47. The number of hydrogen-bond donors (Lipinski definition) is 1. The highest BCUT2D eigenvalue weighted by atomic mass is 32.1. The van der Waals surface area contributed by atoms with E-state index in [4.69, 9.17) is 5.73 Å². The van der Waals surface area contributed by atoms with Gasteiger partial charge < -0.3 is 5.73 Å². The standard InChI is InChI=1S/C12H15N3S/c1-8-4-3-5-10(6-8)7-11(13)12-9(2)14-15-16-12/h3-6,11H,7,13H2,1-2H3. The van der Waals surface area contributed by atoms with Crippen LogP contribution < -0.4 is 5.73 Å². The van der Waals surface area contributed by atoms with Crippen molar-refractivity contribution in [2.45, 2.75) is 26.3 Å². The topological polar surface area (TPSA) is 51.8 Å². The molecule has 0 aliphatic rings. The van der Waals surface area contributed by atoms with Gasteiger partial charge in [0.2, 0.25) is 0 Å². The maximum Gasteiger partial charge on any atom is 0.0772 e. The van der Waals surface area contributed by atoms with Crippen LogP contribution in [0.15, 0.2) is 24.3 Å². The molecule has 0 radical (unpaired) electrons. The molecule has 1 unspecified atom stereocenters. The van der Waals surface area contributed by atoms with Gasteiger partial charge in [-0.15, -0.1) is 5.10 Å². The summed E-state index contributed by atoms with van der Waals surface area (Å²) < 4.78 is 3.91. The molecule has 0 spiro atoms. The Labute approximate surface area is 99.5 Å². The van der Waals surface area contributed by atoms with Gasteiger partial charge in [-0.2, -0.15) is 0 Å². The fourth-order valence-corrected chi connectivity index (χ4v) is 2.41. The minimum Gasteiger partial charge on any atom is -0.323 e. The second kappa shape index (κ2) is 4.72. The van der Waals surface area contributed by atoms with Gasteiger partial charge in [-0.3, -0.25) is 0 Å². The van der Waals surface area contributed by atoms with E-state index in [1.165, 1.54) is 22.7 Å². The smallest absolute Gasteiger partial charge is 0.0772 e. The minimum atomic E-state index is 0.00167.